The van der Waals surface area contributed by atoms with Gasteiger partial charge in [0.2, 0.25) is 0 Å². The number of nitrogens with zero attached hydrogens (tertiary/aromatic N) is 2. The van der Waals surface area contributed by atoms with E-state index >= 15 is 0 Å². The summed E-state index contributed by atoms with van der Waals surface area (Å²) >= 11 is 1.88. The van der Waals surface area contributed by atoms with Crippen LogP contribution < -0.4 is 10.3 Å². The fourth-order valence-electron chi connectivity index (χ4n) is 2.83. The van der Waals surface area contributed by atoms with Crippen molar-refractivity contribution in [3.05, 3.63) is 34.9 Å². The highest BCUT2D eigenvalue weighted by molar-refractivity contribution is 7.98. The average molecular weight is 304 g/mol. The SMILES string of the molecule is CSCC1(COc2ccc3ncn(C)c(=O)c3c2)CCC1. The molecule has 2 aromatic rings. The Morgan fingerprint density at radius 1 is 1.43 bits per heavy atom. The molecule has 1 aliphatic rings. The van der Waals surface area contributed by atoms with Gasteiger partial charge in [-0.1, -0.05) is 6.42 Å². The number of rotatable bonds is 5. The molecule has 1 saturated carbocycles. The quantitative estimate of drug-likeness (QED) is 0.852. The zero-order valence-electron chi connectivity index (χ0n) is 12.5. The van der Waals surface area contributed by atoms with E-state index in [1.807, 2.05) is 30.0 Å². The summed E-state index contributed by atoms with van der Waals surface area (Å²) in [6.45, 7) is 0.736. The van der Waals surface area contributed by atoms with Gasteiger partial charge in [-0.2, -0.15) is 11.8 Å². The summed E-state index contributed by atoms with van der Waals surface area (Å²) in [6, 6.07) is 5.57. The van der Waals surface area contributed by atoms with Crippen LogP contribution in [0.1, 0.15) is 19.3 Å². The highest BCUT2D eigenvalue weighted by atomic mass is 32.2. The summed E-state index contributed by atoms with van der Waals surface area (Å²) in [5, 5.41) is 0.616. The molecule has 3 rings (SSSR count). The van der Waals surface area contributed by atoms with Gasteiger partial charge in [-0.25, -0.2) is 4.98 Å². The number of aromatic nitrogens is 2. The zero-order chi connectivity index (χ0) is 14.9. The largest absolute Gasteiger partial charge is 0.493 e. The van der Waals surface area contributed by atoms with Crippen LogP contribution in [0.5, 0.6) is 5.75 Å². The maximum absolute atomic E-state index is 12.1. The van der Waals surface area contributed by atoms with Gasteiger partial charge >= 0.3 is 0 Å². The number of thioether (sulfide) groups is 1. The number of aryl methyl sites for hydroxylation is 1. The summed E-state index contributed by atoms with van der Waals surface area (Å²) in [7, 11) is 1.71. The van der Waals surface area contributed by atoms with Crippen LogP contribution in [0, 0.1) is 5.41 Å². The lowest BCUT2D eigenvalue weighted by Crippen LogP contribution is -2.38. The van der Waals surface area contributed by atoms with Crippen LogP contribution in [-0.2, 0) is 7.05 Å². The van der Waals surface area contributed by atoms with Gasteiger partial charge in [0, 0.05) is 18.2 Å². The van der Waals surface area contributed by atoms with Crippen LogP contribution in [0.3, 0.4) is 0 Å². The zero-order valence-corrected chi connectivity index (χ0v) is 13.3. The Bertz CT molecular complexity index is 707. The molecule has 1 heterocycles. The first-order chi connectivity index (χ1) is 10.1. The second-order valence-corrected chi connectivity index (χ2v) is 6.78. The van der Waals surface area contributed by atoms with Crippen molar-refractivity contribution in [3.63, 3.8) is 0 Å². The van der Waals surface area contributed by atoms with Crippen molar-refractivity contribution >= 4 is 22.7 Å². The van der Waals surface area contributed by atoms with E-state index in [0.29, 0.717) is 16.3 Å². The van der Waals surface area contributed by atoms with Crippen LogP contribution in [0.4, 0.5) is 0 Å². The van der Waals surface area contributed by atoms with E-state index in [4.69, 9.17) is 4.74 Å². The molecule has 0 unspecified atom stereocenters. The van der Waals surface area contributed by atoms with Crippen molar-refractivity contribution in [1.82, 2.24) is 9.55 Å². The second kappa shape index (κ2) is 5.72. The standard InChI is InChI=1S/C16H20N2O2S/c1-18-11-17-14-5-4-12(8-13(14)15(18)19)20-9-16(10-21-2)6-3-7-16/h4-5,8,11H,3,6-7,9-10H2,1-2H3. The Balaban J connectivity index is 1.81. The van der Waals surface area contributed by atoms with E-state index in [2.05, 4.69) is 11.2 Å². The van der Waals surface area contributed by atoms with Crippen molar-refractivity contribution in [2.24, 2.45) is 12.5 Å². The molecule has 1 aliphatic carbocycles. The molecule has 1 aromatic carbocycles. The molecule has 1 aromatic heterocycles. The predicted octanol–water partition coefficient (Wildman–Crippen LogP) is 2.85. The Labute approximate surface area is 128 Å². The number of benzene rings is 1. The molecule has 0 aliphatic heterocycles. The molecule has 0 spiro atoms. The van der Waals surface area contributed by atoms with E-state index in [0.717, 1.165) is 18.1 Å². The first-order valence-electron chi connectivity index (χ1n) is 7.21. The Hall–Kier alpha value is -1.49. The van der Waals surface area contributed by atoms with Gasteiger partial charge in [-0.3, -0.25) is 4.79 Å². The monoisotopic (exact) mass is 304 g/mol. The molecule has 4 nitrogen and oxygen atoms in total. The number of ether oxygens (including phenoxy) is 1. The summed E-state index contributed by atoms with van der Waals surface area (Å²) in [5.74, 6) is 1.91. The molecule has 0 radical (unpaired) electrons. The van der Waals surface area contributed by atoms with E-state index < -0.39 is 0 Å². The second-order valence-electron chi connectivity index (χ2n) is 5.91. The average Bonchev–Trinajstić information content (AvgIpc) is 2.46. The lowest BCUT2D eigenvalue weighted by atomic mass is 9.71. The number of hydrogen-bond acceptors (Lipinski definition) is 4. The number of hydrogen-bond donors (Lipinski definition) is 0. The maximum atomic E-state index is 12.1. The number of fused-ring (bicyclic) bond motifs is 1. The fraction of sp³-hybridized carbons (Fsp3) is 0.500. The molecular weight excluding hydrogens is 284 g/mol. The third kappa shape index (κ3) is 2.79. The molecular formula is C16H20N2O2S. The molecule has 112 valence electrons. The maximum Gasteiger partial charge on any atom is 0.261 e. The highest BCUT2D eigenvalue weighted by Crippen LogP contribution is 2.43. The van der Waals surface area contributed by atoms with E-state index in [1.54, 1.807) is 13.4 Å². The molecule has 0 atom stereocenters. The summed E-state index contributed by atoms with van der Waals surface area (Å²) in [4.78, 5) is 16.4. The smallest absolute Gasteiger partial charge is 0.261 e. The normalized spacial score (nSPS) is 16.7. The first kappa shape index (κ1) is 14.4. The van der Waals surface area contributed by atoms with Gasteiger partial charge in [0.05, 0.1) is 23.8 Å². The van der Waals surface area contributed by atoms with Crippen LogP contribution >= 0.6 is 11.8 Å². The van der Waals surface area contributed by atoms with Gasteiger partial charge in [-0.15, -0.1) is 0 Å². The molecule has 1 fully saturated rings. The summed E-state index contributed by atoms with van der Waals surface area (Å²) in [5.41, 5.74) is 1.01. The Morgan fingerprint density at radius 3 is 2.90 bits per heavy atom. The van der Waals surface area contributed by atoms with Crippen molar-refractivity contribution in [1.29, 1.82) is 0 Å². The lowest BCUT2D eigenvalue weighted by molar-refractivity contribution is 0.0827. The third-order valence-electron chi connectivity index (χ3n) is 4.30. The van der Waals surface area contributed by atoms with Crippen molar-refractivity contribution in [2.45, 2.75) is 19.3 Å². The van der Waals surface area contributed by atoms with Crippen molar-refractivity contribution in [3.8, 4) is 5.75 Å². The molecule has 0 amide bonds. The molecule has 21 heavy (non-hydrogen) atoms. The third-order valence-corrected chi connectivity index (χ3v) is 5.20. The molecule has 0 saturated heterocycles. The minimum atomic E-state index is -0.0343. The Kier molecular flexibility index (Phi) is 3.93. The summed E-state index contributed by atoms with van der Waals surface area (Å²) < 4.78 is 7.47. The predicted molar refractivity (Wildman–Crippen MR) is 87.1 cm³/mol. The van der Waals surface area contributed by atoms with Gasteiger partial charge < -0.3 is 9.30 Å². The van der Waals surface area contributed by atoms with E-state index in [-0.39, 0.29) is 5.56 Å². The topological polar surface area (TPSA) is 44.1 Å². The van der Waals surface area contributed by atoms with Gasteiger partial charge in [0.15, 0.2) is 0 Å². The minimum absolute atomic E-state index is 0.0343. The van der Waals surface area contributed by atoms with Crippen LogP contribution in [0.15, 0.2) is 29.3 Å². The summed E-state index contributed by atoms with van der Waals surface area (Å²) in [6.07, 6.45) is 7.47. The van der Waals surface area contributed by atoms with Gasteiger partial charge in [-0.05, 0) is 37.3 Å². The van der Waals surface area contributed by atoms with E-state index in [1.165, 1.54) is 23.8 Å². The molecule has 0 bridgehead atoms. The van der Waals surface area contributed by atoms with Gasteiger partial charge in [0.1, 0.15) is 5.75 Å². The fourth-order valence-corrected chi connectivity index (χ4v) is 3.81. The Morgan fingerprint density at radius 2 is 2.24 bits per heavy atom. The lowest BCUT2D eigenvalue weighted by Gasteiger charge is -2.41. The molecule has 5 heteroatoms. The van der Waals surface area contributed by atoms with Crippen LogP contribution in [-0.4, -0.2) is 28.2 Å². The highest BCUT2D eigenvalue weighted by Gasteiger charge is 2.37. The van der Waals surface area contributed by atoms with Crippen molar-refractivity contribution < 1.29 is 4.74 Å². The van der Waals surface area contributed by atoms with Crippen LogP contribution in [0.2, 0.25) is 0 Å². The van der Waals surface area contributed by atoms with Gasteiger partial charge in [0.25, 0.3) is 5.56 Å². The van der Waals surface area contributed by atoms with Crippen molar-refractivity contribution in [2.75, 3.05) is 18.6 Å². The molecule has 0 N–H and O–H groups in total. The van der Waals surface area contributed by atoms with E-state index in [9.17, 15) is 4.79 Å². The first-order valence-corrected chi connectivity index (χ1v) is 8.60. The minimum Gasteiger partial charge on any atom is -0.493 e. The van der Waals surface area contributed by atoms with Crippen LogP contribution in [0.25, 0.3) is 10.9 Å².